The largest absolute Gasteiger partial charge is 0.497 e. The Bertz CT molecular complexity index is 916. The van der Waals surface area contributed by atoms with Crippen molar-refractivity contribution in [1.82, 2.24) is 0 Å². The second-order valence-corrected chi connectivity index (χ2v) is 5.60. The van der Waals surface area contributed by atoms with Crippen molar-refractivity contribution in [1.29, 1.82) is 0 Å². The number of nitrogens with zero attached hydrogens (tertiary/aromatic N) is 1. The molecule has 2 aromatic carbocycles. The Morgan fingerprint density at radius 3 is 2.56 bits per heavy atom. The van der Waals surface area contributed by atoms with Crippen LogP contribution in [-0.4, -0.2) is 18.0 Å². The average Bonchev–Trinajstić information content (AvgIpc) is 2.97. The minimum absolute atomic E-state index is 0.109. The number of nitro groups is 1. The number of nitro benzene ring substituents is 1. The van der Waals surface area contributed by atoms with Gasteiger partial charge in [-0.2, -0.15) is 0 Å². The van der Waals surface area contributed by atoms with Gasteiger partial charge in [-0.25, -0.2) is 4.79 Å². The fraction of sp³-hybridized carbons (Fsp3) is 0.0556. The molecular formula is C18H12ClNO5. The van der Waals surface area contributed by atoms with Crippen LogP contribution in [-0.2, 0) is 9.53 Å². The maximum absolute atomic E-state index is 12.1. The van der Waals surface area contributed by atoms with Crippen molar-refractivity contribution in [2.45, 2.75) is 0 Å². The highest BCUT2D eigenvalue weighted by Gasteiger charge is 2.22. The van der Waals surface area contributed by atoms with Gasteiger partial charge in [0, 0.05) is 28.3 Å². The Morgan fingerprint density at radius 1 is 1.20 bits per heavy atom. The Kier molecular flexibility index (Phi) is 4.54. The van der Waals surface area contributed by atoms with Crippen molar-refractivity contribution < 1.29 is 19.2 Å². The lowest BCUT2D eigenvalue weighted by atomic mass is 10.1. The molecule has 1 aliphatic rings. The highest BCUT2D eigenvalue weighted by molar-refractivity contribution is 6.32. The summed E-state index contributed by atoms with van der Waals surface area (Å²) in [5, 5.41) is 11.2. The number of esters is 1. The van der Waals surface area contributed by atoms with Crippen molar-refractivity contribution in [2.24, 2.45) is 0 Å². The van der Waals surface area contributed by atoms with Gasteiger partial charge in [-0.3, -0.25) is 10.1 Å². The van der Waals surface area contributed by atoms with Crippen molar-refractivity contribution in [3.8, 4) is 5.75 Å². The maximum atomic E-state index is 12.1. The van der Waals surface area contributed by atoms with Crippen LogP contribution in [0.25, 0.3) is 11.8 Å². The molecule has 0 saturated heterocycles. The van der Waals surface area contributed by atoms with E-state index in [1.807, 2.05) is 0 Å². The summed E-state index contributed by atoms with van der Waals surface area (Å²) < 4.78 is 10.3. The lowest BCUT2D eigenvalue weighted by Crippen LogP contribution is -1.97. The number of carbonyl (C=O) groups is 1. The second kappa shape index (κ2) is 6.78. The summed E-state index contributed by atoms with van der Waals surface area (Å²) in [7, 11) is 1.56. The normalized spacial score (nSPS) is 15.0. The van der Waals surface area contributed by atoms with Crippen LogP contribution in [0.15, 0.2) is 54.1 Å². The van der Waals surface area contributed by atoms with Gasteiger partial charge in [0.25, 0.3) is 5.69 Å². The molecule has 2 aromatic rings. The second-order valence-electron chi connectivity index (χ2n) is 5.19. The number of hydrogen-bond donors (Lipinski definition) is 0. The molecule has 0 saturated carbocycles. The summed E-state index contributed by atoms with van der Waals surface area (Å²) in [6.45, 7) is 0. The zero-order valence-corrected chi connectivity index (χ0v) is 13.8. The fourth-order valence-electron chi connectivity index (χ4n) is 2.31. The van der Waals surface area contributed by atoms with E-state index >= 15 is 0 Å². The SMILES string of the molecule is COc1ccc(C2=CC(=Cc3cc([N+](=O)[O-])ccc3Cl)C(=O)O2)cc1. The van der Waals surface area contributed by atoms with Crippen LogP contribution in [0.1, 0.15) is 11.1 Å². The molecule has 0 radical (unpaired) electrons. The van der Waals surface area contributed by atoms with E-state index in [1.54, 1.807) is 37.5 Å². The summed E-state index contributed by atoms with van der Waals surface area (Å²) in [6, 6.07) is 11.1. The number of methoxy groups -OCH3 is 1. The minimum Gasteiger partial charge on any atom is -0.497 e. The molecule has 0 aromatic heterocycles. The van der Waals surface area contributed by atoms with Crippen molar-refractivity contribution in [3.05, 3.63) is 80.4 Å². The number of halogens is 1. The zero-order valence-electron chi connectivity index (χ0n) is 13.1. The first kappa shape index (κ1) is 16.7. The van der Waals surface area contributed by atoms with E-state index in [2.05, 4.69) is 0 Å². The highest BCUT2D eigenvalue weighted by atomic mass is 35.5. The number of non-ortho nitro benzene ring substituents is 1. The summed E-state index contributed by atoms with van der Waals surface area (Å²) in [5.74, 6) is 0.529. The van der Waals surface area contributed by atoms with Gasteiger partial charge in [0.1, 0.15) is 11.5 Å². The monoisotopic (exact) mass is 357 g/mol. The molecule has 3 rings (SSSR count). The van der Waals surface area contributed by atoms with Crippen molar-refractivity contribution in [2.75, 3.05) is 7.11 Å². The van der Waals surface area contributed by atoms with E-state index in [0.29, 0.717) is 27.7 Å². The number of carbonyl (C=O) groups excluding carboxylic acids is 1. The summed E-state index contributed by atoms with van der Waals surface area (Å²) >= 11 is 6.06. The van der Waals surface area contributed by atoms with Crippen LogP contribution < -0.4 is 4.74 Å². The lowest BCUT2D eigenvalue weighted by molar-refractivity contribution is -0.384. The first-order valence-electron chi connectivity index (χ1n) is 7.22. The van der Waals surface area contributed by atoms with E-state index < -0.39 is 10.9 Å². The van der Waals surface area contributed by atoms with Crippen LogP contribution in [0, 0.1) is 10.1 Å². The lowest BCUT2D eigenvalue weighted by Gasteiger charge is -2.03. The third kappa shape index (κ3) is 3.54. The molecule has 126 valence electrons. The molecule has 0 atom stereocenters. The van der Waals surface area contributed by atoms with Crippen LogP contribution in [0.2, 0.25) is 5.02 Å². The maximum Gasteiger partial charge on any atom is 0.343 e. The van der Waals surface area contributed by atoms with Crippen LogP contribution in [0.5, 0.6) is 5.75 Å². The Balaban J connectivity index is 1.95. The molecule has 1 heterocycles. The molecule has 0 spiro atoms. The molecule has 0 amide bonds. The van der Waals surface area contributed by atoms with Crippen LogP contribution >= 0.6 is 11.6 Å². The predicted octanol–water partition coefficient (Wildman–Crippen LogP) is 4.24. The molecule has 0 aliphatic carbocycles. The van der Waals surface area contributed by atoms with E-state index in [1.165, 1.54) is 24.3 Å². The number of hydrogen-bond acceptors (Lipinski definition) is 5. The molecule has 0 unspecified atom stereocenters. The van der Waals surface area contributed by atoms with E-state index in [0.717, 1.165) is 0 Å². The fourth-order valence-corrected chi connectivity index (χ4v) is 2.48. The summed E-state index contributed by atoms with van der Waals surface area (Å²) in [5.41, 5.74) is 1.23. The molecule has 25 heavy (non-hydrogen) atoms. The molecule has 6 nitrogen and oxygen atoms in total. The van der Waals surface area contributed by atoms with E-state index in [-0.39, 0.29) is 11.3 Å². The van der Waals surface area contributed by atoms with Gasteiger partial charge in [0.15, 0.2) is 0 Å². The van der Waals surface area contributed by atoms with Crippen molar-refractivity contribution >= 4 is 35.1 Å². The van der Waals surface area contributed by atoms with Gasteiger partial charge < -0.3 is 9.47 Å². The van der Waals surface area contributed by atoms with Gasteiger partial charge in [0.05, 0.1) is 17.6 Å². The van der Waals surface area contributed by atoms with Crippen LogP contribution in [0.4, 0.5) is 5.69 Å². The smallest absolute Gasteiger partial charge is 0.343 e. The molecular weight excluding hydrogens is 346 g/mol. The average molecular weight is 358 g/mol. The molecule has 0 N–H and O–H groups in total. The standard InChI is InChI=1S/C18H12ClNO5/c1-24-15-5-2-11(3-6-15)17-10-13(18(21)25-17)8-12-9-14(20(22)23)4-7-16(12)19/h2-10H,1H3. The van der Waals surface area contributed by atoms with E-state index in [4.69, 9.17) is 21.1 Å². The third-order valence-corrected chi connectivity index (χ3v) is 3.95. The number of ether oxygens (including phenoxy) is 2. The Hall–Kier alpha value is -3.12. The quantitative estimate of drug-likeness (QED) is 0.354. The Morgan fingerprint density at radius 2 is 1.92 bits per heavy atom. The molecule has 0 fully saturated rings. The van der Waals surface area contributed by atoms with Crippen molar-refractivity contribution in [3.63, 3.8) is 0 Å². The van der Waals surface area contributed by atoms with Crippen LogP contribution in [0.3, 0.4) is 0 Å². The van der Waals surface area contributed by atoms with Gasteiger partial charge >= 0.3 is 5.97 Å². The predicted molar refractivity (Wildman–Crippen MR) is 93.1 cm³/mol. The topological polar surface area (TPSA) is 78.7 Å². The zero-order chi connectivity index (χ0) is 18.0. The van der Waals surface area contributed by atoms with E-state index in [9.17, 15) is 14.9 Å². The minimum atomic E-state index is -0.548. The highest BCUT2D eigenvalue weighted by Crippen LogP contribution is 2.30. The molecule has 7 heteroatoms. The molecule has 1 aliphatic heterocycles. The van der Waals surface area contributed by atoms with Gasteiger partial charge in [-0.05, 0) is 42.5 Å². The Labute approximate surface area is 148 Å². The number of benzene rings is 2. The summed E-state index contributed by atoms with van der Waals surface area (Å²) in [6.07, 6.45) is 3.04. The first-order valence-corrected chi connectivity index (χ1v) is 7.59. The number of cyclic esters (lactones) is 1. The van der Waals surface area contributed by atoms with Gasteiger partial charge in [-0.1, -0.05) is 11.6 Å². The van der Waals surface area contributed by atoms with Gasteiger partial charge in [0.2, 0.25) is 0 Å². The first-order chi connectivity index (χ1) is 12.0. The summed E-state index contributed by atoms with van der Waals surface area (Å²) in [4.78, 5) is 22.4. The number of rotatable bonds is 4. The van der Waals surface area contributed by atoms with Gasteiger partial charge in [-0.15, -0.1) is 0 Å². The third-order valence-electron chi connectivity index (χ3n) is 3.60. The molecule has 0 bridgehead atoms.